The Morgan fingerprint density at radius 2 is 1.90 bits per heavy atom. The molecule has 1 aromatic heterocycles. The van der Waals surface area contributed by atoms with Crippen LogP contribution in [-0.2, 0) is 11.3 Å². The molecule has 3 aromatic rings. The van der Waals surface area contributed by atoms with Crippen molar-refractivity contribution in [3.63, 3.8) is 0 Å². The third-order valence-electron chi connectivity index (χ3n) is 4.28. The maximum absolute atomic E-state index is 12.4. The van der Waals surface area contributed by atoms with Crippen LogP contribution in [0.1, 0.15) is 6.92 Å². The number of amides is 1. The molecule has 0 atom stereocenters. The smallest absolute Gasteiger partial charge is 0.267 e. The van der Waals surface area contributed by atoms with Gasteiger partial charge in [-0.3, -0.25) is 9.59 Å². The number of aromatic nitrogens is 2. The lowest BCUT2D eigenvalue weighted by molar-refractivity contribution is -0.117. The van der Waals surface area contributed by atoms with E-state index in [0.29, 0.717) is 29.5 Å². The summed E-state index contributed by atoms with van der Waals surface area (Å²) in [6, 6.07) is 15.5. The maximum Gasteiger partial charge on any atom is 0.267 e. The largest absolute Gasteiger partial charge is 0.494 e. The van der Waals surface area contributed by atoms with E-state index in [9.17, 15) is 9.59 Å². The van der Waals surface area contributed by atoms with Gasteiger partial charge in [-0.25, -0.2) is 4.68 Å². The molecule has 8 heteroatoms. The van der Waals surface area contributed by atoms with Crippen LogP contribution in [0.5, 0.6) is 17.2 Å². The Bertz CT molecular complexity index is 1090. The molecule has 1 N–H and O–H groups in total. The van der Waals surface area contributed by atoms with E-state index in [1.807, 2.05) is 31.2 Å². The van der Waals surface area contributed by atoms with Crippen LogP contribution >= 0.6 is 0 Å². The molecular formula is C21H19N3O5. The number of carbonyl (C=O) groups excluding carboxylic acids is 1. The lowest BCUT2D eigenvalue weighted by Crippen LogP contribution is -2.29. The predicted octanol–water partition coefficient (Wildman–Crippen LogP) is 2.68. The Morgan fingerprint density at radius 1 is 1.10 bits per heavy atom. The van der Waals surface area contributed by atoms with Gasteiger partial charge in [0, 0.05) is 23.4 Å². The summed E-state index contributed by atoms with van der Waals surface area (Å²) in [6.07, 6.45) is 0. The molecule has 0 unspecified atom stereocenters. The zero-order valence-corrected chi connectivity index (χ0v) is 15.8. The van der Waals surface area contributed by atoms with E-state index in [4.69, 9.17) is 14.2 Å². The Labute approximate surface area is 166 Å². The van der Waals surface area contributed by atoms with Crippen LogP contribution in [-0.4, -0.2) is 29.1 Å². The lowest BCUT2D eigenvalue weighted by Gasteiger charge is -2.09. The van der Waals surface area contributed by atoms with Crippen LogP contribution < -0.4 is 25.1 Å². The molecule has 0 bridgehead atoms. The van der Waals surface area contributed by atoms with Crippen molar-refractivity contribution < 1.29 is 19.0 Å². The van der Waals surface area contributed by atoms with E-state index in [1.165, 1.54) is 6.07 Å². The number of hydrogen-bond donors (Lipinski definition) is 1. The first kappa shape index (κ1) is 18.5. The normalized spacial score (nSPS) is 11.9. The Balaban J connectivity index is 1.48. The second kappa shape index (κ2) is 8.05. The van der Waals surface area contributed by atoms with Crippen molar-refractivity contribution >= 4 is 11.6 Å². The van der Waals surface area contributed by atoms with Crippen molar-refractivity contribution in [3.8, 4) is 28.5 Å². The average molecular weight is 393 g/mol. The summed E-state index contributed by atoms with van der Waals surface area (Å²) in [5, 5.41) is 7.05. The number of carbonyl (C=O) groups is 1. The summed E-state index contributed by atoms with van der Waals surface area (Å²) in [6.45, 7) is 2.45. The second-order valence-electron chi connectivity index (χ2n) is 6.29. The van der Waals surface area contributed by atoms with Gasteiger partial charge in [-0.15, -0.1) is 0 Å². The van der Waals surface area contributed by atoms with Crippen molar-refractivity contribution in [1.29, 1.82) is 0 Å². The highest BCUT2D eigenvalue weighted by atomic mass is 16.7. The minimum absolute atomic E-state index is 0.157. The fourth-order valence-corrected chi connectivity index (χ4v) is 2.92. The molecule has 4 rings (SSSR count). The number of ether oxygens (including phenoxy) is 3. The molecule has 0 aliphatic carbocycles. The zero-order valence-electron chi connectivity index (χ0n) is 15.8. The molecule has 1 aliphatic heterocycles. The minimum atomic E-state index is -0.373. The summed E-state index contributed by atoms with van der Waals surface area (Å²) in [5.74, 6) is 1.58. The highest BCUT2D eigenvalue weighted by Crippen LogP contribution is 2.34. The Morgan fingerprint density at radius 3 is 2.69 bits per heavy atom. The maximum atomic E-state index is 12.4. The van der Waals surface area contributed by atoms with E-state index in [1.54, 1.807) is 24.3 Å². The molecule has 0 saturated carbocycles. The van der Waals surface area contributed by atoms with E-state index >= 15 is 0 Å². The van der Waals surface area contributed by atoms with Crippen LogP contribution in [0.25, 0.3) is 11.3 Å². The van der Waals surface area contributed by atoms with E-state index in [-0.39, 0.29) is 24.8 Å². The highest BCUT2D eigenvalue weighted by molar-refractivity contribution is 5.90. The van der Waals surface area contributed by atoms with E-state index in [0.717, 1.165) is 16.0 Å². The molecule has 0 spiro atoms. The fourth-order valence-electron chi connectivity index (χ4n) is 2.92. The molecule has 1 aliphatic rings. The van der Waals surface area contributed by atoms with E-state index in [2.05, 4.69) is 10.4 Å². The Kier molecular flexibility index (Phi) is 5.15. The summed E-state index contributed by atoms with van der Waals surface area (Å²) in [7, 11) is 0. The average Bonchev–Trinajstić information content (AvgIpc) is 3.18. The van der Waals surface area contributed by atoms with Gasteiger partial charge in [0.15, 0.2) is 11.5 Å². The predicted molar refractivity (Wildman–Crippen MR) is 106 cm³/mol. The molecule has 8 nitrogen and oxygen atoms in total. The topological polar surface area (TPSA) is 91.7 Å². The first-order valence-corrected chi connectivity index (χ1v) is 9.13. The number of benzene rings is 2. The SMILES string of the molecule is CCOc1ccc(-c2ccc(=O)n(CC(=O)Nc3ccc4c(c3)OCO4)n2)cc1. The fraction of sp³-hybridized carbons (Fsp3) is 0.190. The summed E-state index contributed by atoms with van der Waals surface area (Å²) >= 11 is 0. The van der Waals surface area contributed by atoms with Crippen molar-refractivity contribution in [2.45, 2.75) is 13.5 Å². The van der Waals surface area contributed by atoms with Crippen LogP contribution in [0, 0.1) is 0 Å². The minimum Gasteiger partial charge on any atom is -0.494 e. The van der Waals surface area contributed by atoms with Crippen molar-refractivity contribution in [2.75, 3.05) is 18.7 Å². The van der Waals surface area contributed by atoms with Gasteiger partial charge in [-0.1, -0.05) is 0 Å². The number of nitrogens with one attached hydrogen (secondary N) is 1. The molecule has 0 saturated heterocycles. The summed E-state index contributed by atoms with van der Waals surface area (Å²) in [4.78, 5) is 24.5. The summed E-state index contributed by atoms with van der Waals surface area (Å²) < 4.78 is 17.1. The standard InChI is InChI=1S/C21H19N3O5/c1-2-27-16-6-3-14(4-7-16)17-8-10-21(26)24(23-17)12-20(25)22-15-5-9-18-19(11-15)29-13-28-18/h3-11H,2,12-13H2,1H3,(H,22,25). The summed E-state index contributed by atoms with van der Waals surface area (Å²) in [5.41, 5.74) is 1.59. The van der Waals surface area contributed by atoms with Gasteiger partial charge >= 0.3 is 0 Å². The van der Waals surface area contributed by atoms with Crippen LogP contribution in [0.15, 0.2) is 59.4 Å². The molecule has 148 valence electrons. The van der Waals surface area contributed by atoms with Crippen molar-refractivity contribution in [1.82, 2.24) is 9.78 Å². The van der Waals surface area contributed by atoms with Crippen molar-refractivity contribution in [3.05, 3.63) is 65.0 Å². The van der Waals surface area contributed by atoms with E-state index < -0.39 is 0 Å². The van der Waals surface area contributed by atoms with Gasteiger partial charge in [-0.05, 0) is 49.4 Å². The van der Waals surface area contributed by atoms with Gasteiger partial charge in [0.2, 0.25) is 12.7 Å². The molecule has 2 aromatic carbocycles. The molecule has 1 amide bonds. The van der Waals surface area contributed by atoms with Gasteiger partial charge in [0.05, 0.1) is 12.3 Å². The number of fused-ring (bicyclic) bond motifs is 1. The number of rotatable bonds is 6. The lowest BCUT2D eigenvalue weighted by atomic mass is 10.1. The molecule has 2 heterocycles. The van der Waals surface area contributed by atoms with Gasteiger partial charge in [0.25, 0.3) is 5.56 Å². The van der Waals surface area contributed by atoms with Gasteiger partial charge in [-0.2, -0.15) is 5.10 Å². The molecular weight excluding hydrogens is 374 g/mol. The second-order valence-corrected chi connectivity index (χ2v) is 6.29. The van der Waals surface area contributed by atoms with Gasteiger partial charge in [0.1, 0.15) is 12.3 Å². The van der Waals surface area contributed by atoms with Crippen molar-refractivity contribution in [2.24, 2.45) is 0 Å². The number of nitrogens with zero attached hydrogens (tertiary/aromatic N) is 2. The van der Waals surface area contributed by atoms with Crippen LogP contribution in [0.2, 0.25) is 0 Å². The number of hydrogen-bond acceptors (Lipinski definition) is 6. The molecule has 0 fully saturated rings. The monoisotopic (exact) mass is 393 g/mol. The van der Waals surface area contributed by atoms with Crippen LogP contribution in [0.3, 0.4) is 0 Å². The van der Waals surface area contributed by atoms with Crippen LogP contribution in [0.4, 0.5) is 5.69 Å². The third kappa shape index (κ3) is 4.21. The zero-order chi connectivity index (χ0) is 20.2. The molecule has 0 radical (unpaired) electrons. The third-order valence-corrected chi connectivity index (χ3v) is 4.28. The number of anilines is 1. The first-order valence-electron chi connectivity index (χ1n) is 9.13. The quantitative estimate of drug-likeness (QED) is 0.692. The first-order chi connectivity index (χ1) is 14.1. The van der Waals surface area contributed by atoms with Gasteiger partial charge < -0.3 is 19.5 Å². The molecule has 29 heavy (non-hydrogen) atoms. The Hall–Kier alpha value is -3.81. The highest BCUT2D eigenvalue weighted by Gasteiger charge is 2.15.